The Morgan fingerprint density at radius 1 is 1.04 bits per heavy atom. The van der Waals surface area contributed by atoms with E-state index in [0.717, 1.165) is 61.4 Å². The highest BCUT2D eigenvalue weighted by atomic mass is 16.5. The summed E-state index contributed by atoms with van der Waals surface area (Å²) in [6, 6.07) is 14.7. The maximum Gasteiger partial charge on any atom is 0.251 e. The van der Waals surface area contributed by atoms with Gasteiger partial charge in [-0.05, 0) is 35.2 Å². The molecule has 1 aromatic heterocycles. The first-order chi connectivity index (χ1) is 13.3. The quantitative estimate of drug-likeness (QED) is 0.754. The van der Waals surface area contributed by atoms with Crippen molar-refractivity contribution in [3.63, 3.8) is 0 Å². The minimum atomic E-state index is 0.0192. The van der Waals surface area contributed by atoms with Gasteiger partial charge >= 0.3 is 0 Å². The number of amides is 1. The number of aromatic amines is 1. The van der Waals surface area contributed by atoms with Crippen LogP contribution >= 0.6 is 0 Å². The third kappa shape index (κ3) is 3.03. The number of nitrogens with zero attached hydrogens (tertiary/aromatic N) is 1. The van der Waals surface area contributed by atoms with E-state index in [2.05, 4.69) is 45.5 Å². The normalized spacial score (nSPS) is 17.7. The predicted molar refractivity (Wildman–Crippen MR) is 106 cm³/mol. The smallest absolute Gasteiger partial charge is 0.251 e. The summed E-state index contributed by atoms with van der Waals surface area (Å²) >= 11 is 0. The van der Waals surface area contributed by atoms with Gasteiger partial charge in [0.15, 0.2) is 0 Å². The van der Waals surface area contributed by atoms with Gasteiger partial charge in [0.1, 0.15) is 0 Å². The number of benzene rings is 2. The van der Waals surface area contributed by atoms with E-state index in [4.69, 9.17) is 4.74 Å². The van der Waals surface area contributed by atoms with E-state index in [1.807, 2.05) is 12.1 Å². The molecule has 2 aliphatic heterocycles. The molecular formula is C22H23N3O2. The zero-order valence-corrected chi connectivity index (χ0v) is 15.3. The van der Waals surface area contributed by atoms with E-state index in [1.165, 1.54) is 16.7 Å². The van der Waals surface area contributed by atoms with Crippen LogP contribution < -0.4 is 5.32 Å². The molecule has 2 N–H and O–H groups in total. The Labute approximate surface area is 158 Å². The second-order valence-electron chi connectivity index (χ2n) is 7.30. The molecule has 1 saturated heterocycles. The SMILES string of the molecule is O=C1NCCc2c(-c3ccc(CN4CCOCC4)cc3)[nH]c3cccc1c23. The second kappa shape index (κ2) is 6.83. The fourth-order valence-corrected chi connectivity index (χ4v) is 4.19. The van der Waals surface area contributed by atoms with Gasteiger partial charge in [0.25, 0.3) is 5.91 Å². The van der Waals surface area contributed by atoms with Crippen molar-refractivity contribution in [2.24, 2.45) is 0 Å². The molecule has 3 aromatic rings. The van der Waals surface area contributed by atoms with E-state index in [0.29, 0.717) is 6.54 Å². The lowest BCUT2D eigenvalue weighted by molar-refractivity contribution is 0.0342. The highest BCUT2D eigenvalue weighted by Gasteiger charge is 2.22. The van der Waals surface area contributed by atoms with Gasteiger partial charge in [-0.15, -0.1) is 0 Å². The van der Waals surface area contributed by atoms with Crippen molar-refractivity contribution in [3.8, 4) is 11.3 Å². The molecule has 0 aliphatic carbocycles. The van der Waals surface area contributed by atoms with Gasteiger partial charge in [0.2, 0.25) is 0 Å². The summed E-state index contributed by atoms with van der Waals surface area (Å²) in [5, 5.41) is 4.07. The van der Waals surface area contributed by atoms with Gasteiger partial charge in [-0.3, -0.25) is 9.69 Å². The second-order valence-corrected chi connectivity index (χ2v) is 7.30. The van der Waals surface area contributed by atoms with E-state index in [9.17, 15) is 4.79 Å². The molecule has 2 aliphatic rings. The maximum atomic E-state index is 12.3. The lowest BCUT2D eigenvalue weighted by atomic mass is 10.00. The van der Waals surface area contributed by atoms with Crippen LogP contribution in [0.5, 0.6) is 0 Å². The molecule has 5 rings (SSSR count). The third-order valence-corrected chi connectivity index (χ3v) is 5.59. The van der Waals surface area contributed by atoms with Crippen LogP contribution in [-0.4, -0.2) is 48.6 Å². The number of hydrogen-bond acceptors (Lipinski definition) is 3. The van der Waals surface area contributed by atoms with Crippen LogP contribution in [0.2, 0.25) is 0 Å². The average Bonchev–Trinajstić information content (AvgIpc) is 2.99. The van der Waals surface area contributed by atoms with Crippen molar-refractivity contribution in [2.45, 2.75) is 13.0 Å². The summed E-state index contributed by atoms with van der Waals surface area (Å²) < 4.78 is 5.43. The summed E-state index contributed by atoms with van der Waals surface area (Å²) in [7, 11) is 0. The summed E-state index contributed by atoms with van der Waals surface area (Å²) in [5.41, 5.74) is 6.66. The van der Waals surface area contributed by atoms with Crippen molar-refractivity contribution >= 4 is 16.8 Å². The van der Waals surface area contributed by atoms with Gasteiger partial charge in [0.05, 0.1) is 13.2 Å². The maximum absolute atomic E-state index is 12.3. The van der Waals surface area contributed by atoms with Gasteiger partial charge < -0.3 is 15.0 Å². The standard InChI is InChI=1S/C22H23N3O2/c26-22-18-2-1-3-19-20(18)17(8-9-23-22)21(24-19)16-6-4-15(5-7-16)14-25-10-12-27-13-11-25/h1-7,24H,8-14H2,(H,23,26). The number of carbonyl (C=O) groups excluding carboxylic acids is 1. The lowest BCUT2D eigenvalue weighted by Crippen LogP contribution is -2.35. The minimum Gasteiger partial charge on any atom is -0.379 e. The van der Waals surface area contributed by atoms with Crippen LogP contribution in [-0.2, 0) is 17.7 Å². The number of hydrogen-bond donors (Lipinski definition) is 2. The number of morpholine rings is 1. The fraction of sp³-hybridized carbons (Fsp3) is 0.318. The van der Waals surface area contributed by atoms with Crippen molar-refractivity contribution in [1.29, 1.82) is 0 Å². The molecule has 0 radical (unpaired) electrons. The Morgan fingerprint density at radius 3 is 2.67 bits per heavy atom. The molecule has 0 atom stereocenters. The van der Waals surface area contributed by atoms with Crippen LogP contribution in [0.25, 0.3) is 22.2 Å². The average molecular weight is 361 g/mol. The third-order valence-electron chi connectivity index (χ3n) is 5.59. The number of H-pyrrole nitrogens is 1. The highest BCUT2D eigenvalue weighted by Crippen LogP contribution is 2.34. The summed E-state index contributed by atoms with van der Waals surface area (Å²) in [6.07, 6.45) is 0.841. The molecule has 1 amide bonds. The van der Waals surface area contributed by atoms with Crippen LogP contribution in [0.15, 0.2) is 42.5 Å². The molecule has 0 unspecified atom stereocenters. The summed E-state index contributed by atoms with van der Waals surface area (Å²) in [5.74, 6) is 0.0192. The van der Waals surface area contributed by atoms with Gasteiger partial charge in [-0.25, -0.2) is 0 Å². The Hall–Kier alpha value is -2.63. The summed E-state index contributed by atoms with van der Waals surface area (Å²) in [6.45, 7) is 5.28. The first-order valence-electron chi connectivity index (χ1n) is 9.61. The lowest BCUT2D eigenvalue weighted by Gasteiger charge is -2.26. The monoisotopic (exact) mass is 361 g/mol. The number of nitrogens with one attached hydrogen (secondary N) is 2. The first kappa shape index (κ1) is 16.5. The zero-order valence-electron chi connectivity index (χ0n) is 15.3. The van der Waals surface area contributed by atoms with Crippen molar-refractivity contribution < 1.29 is 9.53 Å². The number of aromatic nitrogens is 1. The van der Waals surface area contributed by atoms with Crippen LogP contribution in [0.1, 0.15) is 21.5 Å². The Bertz CT molecular complexity index is 985. The highest BCUT2D eigenvalue weighted by molar-refractivity contribution is 6.10. The molecule has 0 bridgehead atoms. The Morgan fingerprint density at radius 2 is 1.85 bits per heavy atom. The molecule has 5 heteroatoms. The van der Waals surface area contributed by atoms with E-state index < -0.39 is 0 Å². The molecule has 2 aromatic carbocycles. The first-order valence-corrected chi connectivity index (χ1v) is 9.61. The Kier molecular flexibility index (Phi) is 4.19. The number of carbonyl (C=O) groups is 1. The Balaban J connectivity index is 1.49. The number of ether oxygens (including phenoxy) is 1. The van der Waals surface area contributed by atoms with Crippen LogP contribution in [0.4, 0.5) is 0 Å². The molecule has 5 nitrogen and oxygen atoms in total. The van der Waals surface area contributed by atoms with Crippen molar-refractivity contribution in [2.75, 3.05) is 32.8 Å². The van der Waals surface area contributed by atoms with E-state index >= 15 is 0 Å². The fourth-order valence-electron chi connectivity index (χ4n) is 4.19. The minimum absolute atomic E-state index is 0.0192. The zero-order chi connectivity index (χ0) is 18.2. The summed E-state index contributed by atoms with van der Waals surface area (Å²) in [4.78, 5) is 18.3. The van der Waals surface area contributed by atoms with Gasteiger partial charge in [-0.1, -0.05) is 30.3 Å². The molecule has 1 fully saturated rings. The largest absolute Gasteiger partial charge is 0.379 e. The topological polar surface area (TPSA) is 57.4 Å². The number of rotatable bonds is 3. The van der Waals surface area contributed by atoms with Crippen molar-refractivity contribution in [1.82, 2.24) is 15.2 Å². The molecule has 3 heterocycles. The molecule has 27 heavy (non-hydrogen) atoms. The van der Waals surface area contributed by atoms with E-state index in [1.54, 1.807) is 0 Å². The van der Waals surface area contributed by atoms with Crippen molar-refractivity contribution in [3.05, 3.63) is 59.2 Å². The molecule has 0 saturated carbocycles. The van der Waals surface area contributed by atoms with Gasteiger partial charge in [-0.2, -0.15) is 0 Å². The van der Waals surface area contributed by atoms with Crippen LogP contribution in [0, 0.1) is 0 Å². The van der Waals surface area contributed by atoms with Gasteiger partial charge in [0, 0.05) is 48.3 Å². The molecule has 0 spiro atoms. The van der Waals surface area contributed by atoms with E-state index in [-0.39, 0.29) is 5.91 Å². The predicted octanol–water partition coefficient (Wildman–Crippen LogP) is 2.95. The molecular weight excluding hydrogens is 338 g/mol. The molecule has 138 valence electrons. The van der Waals surface area contributed by atoms with Crippen LogP contribution in [0.3, 0.4) is 0 Å².